The van der Waals surface area contributed by atoms with Crippen molar-refractivity contribution in [2.75, 3.05) is 13.2 Å². The number of hydrogen-bond acceptors (Lipinski definition) is 3. The van der Waals surface area contributed by atoms with E-state index in [0.29, 0.717) is 24.8 Å². The van der Waals surface area contributed by atoms with Gasteiger partial charge in [-0.2, -0.15) is 5.10 Å². The number of aryl methyl sites for hydroxylation is 2. The Bertz CT molecular complexity index is 798. The molecule has 1 aromatic carbocycles. The summed E-state index contributed by atoms with van der Waals surface area (Å²) in [6, 6.07) is 8.55. The summed E-state index contributed by atoms with van der Waals surface area (Å²) in [5.74, 6) is 0.0949. The van der Waals surface area contributed by atoms with Gasteiger partial charge in [-0.15, -0.1) is 0 Å². The number of carbonyl (C=O) groups is 1. The summed E-state index contributed by atoms with van der Waals surface area (Å²) < 4.78 is 7.17. The first-order valence-electron chi connectivity index (χ1n) is 9.27. The standard InChI is InChI=1S/C20H24ClN3O2/c1-23-11-17(21)18(22-23)12-24(20(25)15-9-10-26-13-15)19-8-4-6-14-5-2-3-7-16(14)19/h2-3,5,7,11,15,19H,4,6,8-10,12-13H2,1H3/t15-,19+/m1/s1. The van der Waals surface area contributed by atoms with Gasteiger partial charge < -0.3 is 9.64 Å². The van der Waals surface area contributed by atoms with E-state index in [2.05, 4.69) is 29.4 Å². The van der Waals surface area contributed by atoms with Crippen molar-refractivity contribution in [2.24, 2.45) is 13.0 Å². The van der Waals surface area contributed by atoms with Crippen molar-refractivity contribution in [2.45, 2.75) is 38.3 Å². The largest absolute Gasteiger partial charge is 0.381 e. The molecule has 2 atom stereocenters. The van der Waals surface area contributed by atoms with Crippen LogP contribution < -0.4 is 0 Å². The predicted molar refractivity (Wildman–Crippen MR) is 99.8 cm³/mol. The third-order valence-corrected chi connectivity index (χ3v) is 5.77. The number of halogens is 1. The molecule has 1 saturated heterocycles. The molecule has 26 heavy (non-hydrogen) atoms. The number of benzene rings is 1. The van der Waals surface area contributed by atoms with Crippen LogP contribution >= 0.6 is 11.6 Å². The first-order chi connectivity index (χ1) is 12.6. The number of fused-ring (bicyclic) bond motifs is 1. The molecule has 0 spiro atoms. The Morgan fingerprint density at radius 2 is 2.23 bits per heavy atom. The summed E-state index contributed by atoms with van der Waals surface area (Å²) >= 11 is 6.35. The molecule has 0 radical (unpaired) electrons. The summed E-state index contributed by atoms with van der Waals surface area (Å²) in [5, 5.41) is 5.08. The molecule has 1 aliphatic carbocycles. The van der Waals surface area contributed by atoms with Gasteiger partial charge in [0.2, 0.25) is 5.91 Å². The zero-order chi connectivity index (χ0) is 18.1. The second-order valence-electron chi connectivity index (χ2n) is 7.23. The first kappa shape index (κ1) is 17.6. The van der Waals surface area contributed by atoms with Crippen LogP contribution in [0.4, 0.5) is 0 Å². The fourth-order valence-electron chi connectivity index (χ4n) is 4.13. The van der Waals surface area contributed by atoms with Crippen LogP contribution in [0.25, 0.3) is 0 Å². The van der Waals surface area contributed by atoms with E-state index in [9.17, 15) is 4.79 Å². The van der Waals surface area contributed by atoms with E-state index in [-0.39, 0.29) is 17.9 Å². The Labute approximate surface area is 158 Å². The molecule has 4 rings (SSSR count). The fourth-order valence-corrected chi connectivity index (χ4v) is 4.37. The van der Waals surface area contributed by atoms with Crippen molar-refractivity contribution in [1.82, 2.24) is 14.7 Å². The van der Waals surface area contributed by atoms with Crippen molar-refractivity contribution in [3.05, 3.63) is 52.3 Å². The van der Waals surface area contributed by atoms with Crippen LogP contribution in [-0.4, -0.2) is 33.8 Å². The molecule has 0 unspecified atom stereocenters. The van der Waals surface area contributed by atoms with E-state index in [1.54, 1.807) is 10.9 Å². The van der Waals surface area contributed by atoms with Gasteiger partial charge in [-0.1, -0.05) is 35.9 Å². The van der Waals surface area contributed by atoms with Crippen molar-refractivity contribution in [3.8, 4) is 0 Å². The van der Waals surface area contributed by atoms with Crippen molar-refractivity contribution in [1.29, 1.82) is 0 Å². The van der Waals surface area contributed by atoms with Crippen molar-refractivity contribution >= 4 is 17.5 Å². The number of ether oxygens (including phenoxy) is 1. The molecular weight excluding hydrogens is 350 g/mol. The third-order valence-electron chi connectivity index (χ3n) is 5.45. The summed E-state index contributed by atoms with van der Waals surface area (Å²) in [7, 11) is 1.85. The van der Waals surface area contributed by atoms with Crippen LogP contribution in [-0.2, 0) is 29.5 Å². The molecule has 1 amide bonds. The normalized spacial score (nSPS) is 22.2. The second-order valence-corrected chi connectivity index (χ2v) is 7.64. The highest BCUT2D eigenvalue weighted by Gasteiger charge is 2.35. The lowest BCUT2D eigenvalue weighted by molar-refractivity contribution is -0.139. The highest BCUT2D eigenvalue weighted by atomic mass is 35.5. The van der Waals surface area contributed by atoms with E-state index in [4.69, 9.17) is 16.3 Å². The Kier molecular flexibility index (Phi) is 5.00. The lowest BCUT2D eigenvalue weighted by atomic mass is 9.86. The van der Waals surface area contributed by atoms with Gasteiger partial charge in [-0.3, -0.25) is 9.48 Å². The van der Waals surface area contributed by atoms with Crippen molar-refractivity contribution < 1.29 is 9.53 Å². The molecule has 0 N–H and O–H groups in total. The lowest BCUT2D eigenvalue weighted by Crippen LogP contribution is -2.40. The minimum absolute atomic E-state index is 0.0634. The molecule has 2 heterocycles. The van der Waals surface area contributed by atoms with Crippen LogP contribution in [0, 0.1) is 5.92 Å². The molecule has 1 aliphatic heterocycles. The maximum atomic E-state index is 13.3. The number of aromatic nitrogens is 2. The maximum Gasteiger partial charge on any atom is 0.228 e. The lowest BCUT2D eigenvalue weighted by Gasteiger charge is -2.37. The summed E-state index contributed by atoms with van der Waals surface area (Å²) in [5.41, 5.74) is 3.36. The quantitative estimate of drug-likeness (QED) is 0.823. The summed E-state index contributed by atoms with van der Waals surface area (Å²) in [4.78, 5) is 15.3. The van der Waals surface area contributed by atoms with Crippen LogP contribution in [0.15, 0.2) is 30.5 Å². The van der Waals surface area contributed by atoms with Crippen LogP contribution in [0.2, 0.25) is 5.02 Å². The molecule has 138 valence electrons. The minimum Gasteiger partial charge on any atom is -0.381 e. The monoisotopic (exact) mass is 373 g/mol. The van der Waals surface area contributed by atoms with E-state index < -0.39 is 0 Å². The fraction of sp³-hybridized carbons (Fsp3) is 0.500. The zero-order valence-electron chi connectivity index (χ0n) is 15.0. The smallest absolute Gasteiger partial charge is 0.228 e. The van der Waals surface area contributed by atoms with Gasteiger partial charge in [0.25, 0.3) is 0 Å². The number of hydrogen-bond donors (Lipinski definition) is 0. The van der Waals surface area contributed by atoms with Crippen LogP contribution in [0.3, 0.4) is 0 Å². The highest BCUT2D eigenvalue weighted by Crippen LogP contribution is 2.37. The number of carbonyl (C=O) groups excluding carboxylic acids is 1. The highest BCUT2D eigenvalue weighted by molar-refractivity contribution is 6.31. The van der Waals surface area contributed by atoms with Crippen molar-refractivity contribution in [3.63, 3.8) is 0 Å². The van der Waals surface area contributed by atoms with Gasteiger partial charge in [0.1, 0.15) is 5.69 Å². The van der Waals surface area contributed by atoms with E-state index in [1.165, 1.54) is 11.1 Å². The van der Waals surface area contributed by atoms with Gasteiger partial charge in [0.05, 0.1) is 30.1 Å². The summed E-state index contributed by atoms with van der Waals surface area (Å²) in [6.45, 7) is 1.61. The summed E-state index contributed by atoms with van der Waals surface area (Å²) in [6.07, 6.45) is 5.71. The average molecular weight is 374 g/mol. The molecule has 2 aliphatic rings. The Morgan fingerprint density at radius 1 is 1.38 bits per heavy atom. The molecule has 0 bridgehead atoms. The van der Waals surface area contributed by atoms with Gasteiger partial charge in [0.15, 0.2) is 0 Å². The van der Waals surface area contributed by atoms with E-state index in [0.717, 1.165) is 31.4 Å². The number of nitrogens with zero attached hydrogens (tertiary/aromatic N) is 3. The second kappa shape index (κ2) is 7.41. The third kappa shape index (κ3) is 3.38. The SMILES string of the molecule is Cn1cc(Cl)c(CN(C(=O)[C@@H]2CCOC2)[C@H]2CCCc3ccccc32)n1. The van der Waals surface area contributed by atoms with Gasteiger partial charge in [0, 0.05) is 19.9 Å². The molecule has 0 saturated carbocycles. The Morgan fingerprint density at radius 3 is 2.96 bits per heavy atom. The van der Waals surface area contributed by atoms with Crippen LogP contribution in [0.1, 0.15) is 42.1 Å². The Hall–Kier alpha value is -1.85. The van der Waals surface area contributed by atoms with Gasteiger partial charge in [-0.05, 0) is 36.8 Å². The minimum atomic E-state index is -0.0634. The molecular formula is C20H24ClN3O2. The molecule has 2 aromatic rings. The van der Waals surface area contributed by atoms with Gasteiger partial charge >= 0.3 is 0 Å². The van der Waals surface area contributed by atoms with Gasteiger partial charge in [-0.25, -0.2) is 0 Å². The van der Waals surface area contributed by atoms with Crippen LogP contribution in [0.5, 0.6) is 0 Å². The number of rotatable bonds is 4. The zero-order valence-corrected chi connectivity index (χ0v) is 15.8. The average Bonchev–Trinajstić information content (AvgIpc) is 3.28. The predicted octanol–water partition coefficient (Wildman–Crippen LogP) is 3.52. The first-order valence-corrected chi connectivity index (χ1v) is 9.65. The topological polar surface area (TPSA) is 47.4 Å². The molecule has 1 aromatic heterocycles. The maximum absolute atomic E-state index is 13.3. The van der Waals surface area contributed by atoms with E-state index >= 15 is 0 Å². The number of amides is 1. The molecule has 1 fully saturated rings. The Balaban J connectivity index is 1.68. The molecule has 6 heteroatoms. The van der Waals surface area contributed by atoms with E-state index in [1.807, 2.05) is 11.9 Å². The molecule has 5 nitrogen and oxygen atoms in total.